The summed E-state index contributed by atoms with van der Waals surface area (Å²) in [6, 6.07) is 8.80. The largest absolute Gasteiger partial charge is 0.484 e. The summed E-state index contributed by atoms with van der Waals surface area (Å²) in [5.41, 5.74) is 0.102. The smallest absolute Gasteiger partial charge is 0.264 e. The normalized spacial score (nSPS) is 14.2. The van der Waals surface area contributed by atoms with Crippen LogP contribution < -0.4 is 9.46 Å². The fourth-order valence-corrected chi connectivity index (χ4v) is 3.89. The predicted octanol–water partition coefficient (Wildman–Crippen LogP) is 2.77. The molecule has 27 heavy (non-hydrogen) atoms. The molecule has 1 aliphatic rings. The number of ether oxygens (including phenoxy) is 1. The second-order valence-corrected chi connectivity index (χ2v) is 7.71. The summed E-state index contributed by atoms with van der Waals surface area (Å²) in [5, 5.41) is 0. The van der Waals surface area contributed by atoms with Gasteiger partial charge in [-0.1, -0.05) is 12.1 Å². The Hall–Kier alpha value is -2.68. The first-order valence-electron chi connectivity index (χ1n) is 8.34. The fourth-order valence-electron chi connectivity index (χ4n) is 2.75. The van der Waals surface area contributed by atoms with Crippen LogP contribution in [0.3, 0.4) is 0 Å². The van der Waals surface area contributed by atoms with Gasteiger partial charge in [0.2, 0.25) is 0 Å². The third-order valence-electron chi connectivity index (χ3n) is 4.11. The van der Waals surface area contributed by atoms with Gasteiger partial charge in [0, 0.05) is 19.2 Å². The molecule has 0 atom stereocenters. The molecule has 0 saturated carbocycles. The first-order chi connectivity index (χ1) is 12.9. The van der Waals surface area contributed by atoms with E-state index in [2.05, 4.69) is 4.72 Å². The molecule has 1 saturated heterocycles. The number of hydrogen-bond donors (Lipinski definition) is 1. The molecule has 2 aromatic rings. The molecule has 144 valence electrons. The lowest BCUT2D eigenvalue weighted by Gasteiger charge is -2.16. The van der Waals surface area contributed by atoms with E-state index in [-0.39, 0.29) is 24.0 Å². The van der Waals surface area contributed by atoms with E-state index in [1.807, 2.05) is 0 Å². The van der Waals surface area contributed by atoms with Gasteiger partial charge in [-0.25, -0.2) is 17.2 Å². The van der Waals surface area contributed by atoms with Crippen molar-refractivity contribution in [1.82, 2.24) is 4.90 Å². The number of hydrogen-bond acceptors (Lipinski definition) is 4. The van der Waals surface area contributed by atoms with E-state index in [1.165, 1.54) is 18.2 Å². The molecule has 9 heteroatoms. The highest BCUT2D eigenvalue weighted by Gasteiger charge is 2.22. The fraction of sp³-hybridized carbons (Fsp3) is 0.278. The number of halogens is 2. The molecular formula is C18H18F2N2O4S. The molecular weight excluding hydrogens is 378 g/mol. The van der Waals surface area contributed by atoms with Crippen molar-refractivity contribution in [1.29, 1.82) is 0 Å². The molecule has 0 aromatic heterocycles. The van der Waals surface area contributed by atoms with Crippen LogP contribution in [0, 0.1) is 11.6 Å². The Kier molecular flexibility index (Phi) is 5.59. The molecule has 0 radical (unpaired) electrons. The summed E-state index contributed by atoms with van der Waals surface area (Å²) in [7, 11) is -4.32. The quantitative estimate of drug-likeness (QED) is 0.815. The Morgan fingerprint density at radius 1 is 1.11 bits per heavy atom. The number of anilines is 1. The molecule has 1 heterocycles. The molecule has 6 nitrogen and oxygen atoms in total. The minimum Gasteiger partial charge on any atom is -0.484 e. The van der Waals surface area contributed by atoms with E-state index in [4.69, 9.17) is 4.74 Å². The van der Waals surface area contributed by atoms with Crippen molar-refractivity contribution in [2.24, 2.45) is 0 Å². The van der Waals surface area contributed by atoms with Crippen molar-refractivity contribution in [2.45, 2.75) is 17.7 Å². The van der Waals surface area contributed by atoms with E-state index in [0.29, 0.717) is 13.1 Å². The second-order valence-electron chi connectivity index (χ2n) is 6.06. The number of carbonyl (C=O) groups excluding carboxylic acids is 1. The number of nitrogens with one attached hydrogen (secondary N) is 1. The van der Waals surface area contributed by atoms with Gasteiger partial charge in [0.05, 0.1) is 5.69 Å². The Labute approximate surface area is 155 Å². The zero-order valence-corrected chi connectivity index (χ0v) is 15.1. The lowest BCUT2D eigenvalue weighted by Crippen LogP contribution is -2.32. The zero-order chi connectivity index (χ0) is 19.4. The van der Waals surface area contributed by atoms with Crippen LogP contribution in [0.15, 0.2) is 47.4 Å². The van der Waals surface area contributed by atoms with E-state index in [0.717, 1.165) is 31.0 Å². The highest BCUT2D eigenvalue weighted by atomic mass is 32.2. The minimum atomic E-state index is -4.32. The second kappa shape index (κ2) is 7.91. The van der Waals surface area contributed by atoms with Crippen LogP contribution in [0.2, 0.25) is 0 Å². The molecule has 1 amide bonds. The molecule has 0 bridgehead atoms. The Balaban J connectivity index is 1.69. The van der Waals surface area contributed by atoms with E-state index < -0.39 is 26.6 Å². The Morgan fingerprint density at radius 2 is 1.81 bits per heavy atom. The summed E-state index contributed by atoms with van der Waals surface area (Å²) >= 11 is 0. The summed E-state index contributed by atoms with van der Waals surface area (Å²) in [6.07, 6.45) is 1.94. The van der Waals surface area contributed by atoms with Crippen LogP contribution in [0.4, 0.5) is 14.5 Å². The van der Waals surface area contributed by atoms with Crippen LogP contribution >= 0.6 is 0 Å². The van der Waals surface area contributed by atoms with Gasteiger partial charge in [0.1, 0.15) is 10.6 Å². The van der Waals surface area contributed by atoms with Crippen LogP contribution in [-0.2, 0) is 14.8 Å². The molecule has 0 aliphatic carbocycles. The molecule has 1 aliphatic heterocycles. The average Bonchev–Trinajstić information content (AvgIpc) is 3.16. The zero-order valence-electron chi connectivity index (χ0n) is 14.3. The maximum Gasteiger partial charge on any atom is 0.264 e. The van der Waals surface area contributed by atoms with Crippen LogP contribution in [0.1, 0.15) is 12.8 Å². The van der Waals surface area contributed by atoms with Gasteiger partial charge in [0.25, 0.3) is 15.9 Å². The van der Waals surface area contributed by atoms with Crippen molar-refractivity contribution in [3.05, 3.63) is 54.1 Å². The van der Waals surface area contributed by atoms with Gasteiger partial charge in [-0.2, -0.15) is 0 Å². The van der Waals surface area contributed by atoms with Gasteiger partial charge in [0.15, 0.2) is 18.2 Å². The van der Waals surface area contributed by atoms with E-state index in [9.17, 15) is 22.0 Å². The highest BCUT2D eigenvalue weighted by molar-refractivity contribution is 7.92. The van der Waals surface area contributed by atoms with Crippen molar-refractivity contribution in [3.63, 3.8) is 0 Å². The van der Waals surface area contributed by atoms with Crippen LogP contribution in [0.25, 0.3) is 0 Å². The van der Waals surface area contributed by atoms with Gasteiger partial charge < -0.3 is 9.64 Å². The third-order valence-corrected chi connectivity index (χ3v) is 5.51. The predicted molar refractivity (Wildman–Crippen MR) is 94.9 cm³/mol. The number of carbonyl (C=O) groups is 1. The van der Waals surface area contributed by atoms with Crippen molar-refractivity contribution in [2.75, 3.05) is 24.4 Å². The number of rotatable bonds is 6. The number of likely N-dealkylation sites (tertiary alicyclic amines) is 1. The summed E-state index contributed by atoms with van der Waals surface area (Å²) in [4.78, 5) is 12.9. The molecule has 0 spiro atoms. The molecule has 1 fully saturated rings. The first kappa shape index (κ1) is 19.1. The van der Waals surface area contributed by atoms with Crippen LogP contribution in [0.5, 0.6) is 5.75 Å². The van der Waals surface area contributed by atoms with Crippen LogP contribution in [-0.4, -0.2) is 38.9 Å². The van der Waals surface area contributed by atoms with Crippen molar-refractivity contribution >= 4 is 21.6 Å². The summed E-state index contributed by atoms with van der Waals surface area (Å²) in [5.74, 6) is -2.56. The van der Waals surface area contributed by atoms with E-state index in [1.54, 1.807) is 11.0 Å². The molecule has 0 unspecified atom stereocenters. The van der Waals surface area contributed by atoms with E-state index >= 15 is 0 Å². The number of nitrogens with zero attached hydrogens (tertiary/aromatic N) is 1. The molecule has 1 N–H and O–H groups in total. The Bertz CT molecular complexity index is 944. The first-order valence-corrected chi connectivity index (χ1v) is 9.82. The van der Waals surface area contributed by atoms with Gasteiger partial charge in [-0.3, -0.25) is 9.52 Å². The lowest BCUT2D eigenvalue weighted by atomic mass is 10.3. The SMILES string of the molecule is O=C(COc1cccc(NS(=O)(=O)c2cccc(F)c2F)c1)N1CCCC1. The maximum absolute atomic E-state index is 13.8. The Morgan fingerprint density at radius 3 is 2.56 bits per heavy atom. The van der Waals surface area contributed by atoms with Gasteiger partial charge >= 0.3 is 0 Å². The average molecular weight is 396 g/mol. The molecule has 3 rings (SSSR count). The van der Waals surface area contributed by atoms with Crippen molar-refractivity contribution in [3.8, 4) is 5.75 Å². The van der Waals surface area contributed by atoms with Crippen molar-refractivity contribution < 1.29 is 26.7 Å². The maximum atomic E-state index is 13.8. The highest BCUT2D eigenvalue weighted by Crippen LogP contribution is 2.23. The van der Waals surface area contributed by atoms with Gasteiger partial charge in [-0.05, 0) is 37.1 Å². The minimum absolute atomic E-state index is 0.102. The standard InChI is InChI=1S/C18H18F2N2O4S/c19-15-7-4-8-16(18(15)20)27(24,25)21-13-5-3-6-14(11-13)26-12-17(23)22-9-1-2-10-22/h3-8,11,21H,1-2,9-10,12H2. The number of amides is 1. The number of sulfonamides is 1. The third kappa shape index (κ3) is 4.54. The monoisotopic (exact) mass is 396 g/mol. The summed E-state index contributed by atoms with van der Waals surface area (Å²) < 4.78 is 59.3. The topological polar surface area (TPSA) is 75.7 Å². The molecule has 2 aromatic carbocycles. The summed E-state index contributed by atoms with van der Waals surface area (Å²) in [6.45, 7) is 1.26. The number of benzene rings is 2. The van der Waals surface area contributed by atoms with Gasteiger partial charge in [-0.15, -0.1) is 0 Å². The lowest BCUT2D eigenvalue weighted by molar-refractivity contribution is -0.132.